The summed E-state index contributed by atoms with van der Waals surface area (Å²) in [4.78, 5) is 17.0. The number of piperazine rings is 1. The van der Waals surface area contributed by atoms with Crippen LogP contribution in [0.3, 0.4) is 0 Å². The Kier molecular flexibility index (Phi) is 8.14. The van der Waals surface area contributed by atoms with Gasteiger partial charge in [-0.15, -0.1) is 0 Å². The van der Waals surface area contributed by atoms with Crippen molar-refractivity contribution in [3.8, 4) is 0 Å². The number of thiocarbonyl (C=S) groups is 1. The average Bonchev–Trinajstić information content (AvgIpc) is 2.40. The van der Waals surface area contributed by atoms with Crippen molar-refractivity contribution in [1.82, 2.24) is 15.1 Å². The molecule has 1 heterocycles. The van der Waals surface area contributed by atoms with Crippen LogP contribution in [0.2, 0.25) is 0 Å². The predicted octanol–water partition coefficient (Wildman–Crippen LogP) is 0.831. The largest absolute Gasteiger partial charge is 0.392 e. The lowest BCUT2D eigenvalue weighted by Crippen LogP contribution is -2.54. The van der Waals surface area contributed by atoms with Crippen molar-refractivity contribution in [1.29, 1.82) is 0 Å². The van der Waals surface area contributed by atoms with Gasteiger partial charge in [-0.3, -0.25) is 14.6 Å². The zero-order chi connectivity index (χ0) is 15.8. The Labute approximate surface area is 134 Å². The number of nitrogens with zero attached hydrogens (tertiary/aromatic N) is 2. The molecule has 1 saturated heterocycles. The highest BCUT2D eigenvalue weighted by Crippen LogP contribution is 2.09. The summed E-state index contributed by atoms with van der Waals surface area (Å²) in [6, 6.07) is 0.196. The molecular weight excluding hydrogens is 284 g/mol. The fourth-order valence-electron chi connectivity index (χ4n) is 2.63. The van der Waals surface area contributed by atoms with Crippen molar-refractivity contribution < 1.29 is 4.79 Å². The molecule has 1 atom stereocenters. The first kappa shape index (κ1) is 18.3. The van der Waals surface area contributed by atoms with Crippen LogP contribution < -0.4 is 11.1 Å². The van der Waals surface area contributed by atoms with Crippen LogP contribution in [-0.2, 0) is 4.79 Å². The van der Waals surface area contributed by atoms with E-state index in [2.05, 4.69) is 35.9 Å². The van der Waals surface area contributed by atoms with E-state index in [4.69, 9.17) is 18.0 Å². The molecule has 1 aliphatic heterocycles. The summed E-state index contributed by atoms with van der Waals surface area (Å²) in [5.74, 6) is 0.755. The maximum Gasteiger partial charge on any atom is 0.234 e. The molecule has 0 aromatic rings. The van der Waals surface area contributed by atoms with Crippen molar-refractivity contribution in [3.05, 3.63) is 0 Å². The fraction of sp³-hybridized carbons (Fsp3) is 0.867. The number of nitrogens with two attached hydrogens (primary N) is 1. The first-order valence-electron chi connectivity index (χ1n) is 7.96. The molecule has 0 aliphatic carbocycles. The van der Waals surface area contributed by atoms with Gasteiger partial charge < -0.3 is 11.1 Å². The van der Waals surface area contributed by atoms with Gasteiger partial charge in [-0.25, -0.2) is 0 Å². The van der Waals surface area contributed by atoms with E-state index in [1.165, 1.54) is 0 Å². The van der Waals surface area contributed by atoms with Gasteiger partial charge in [-0.2, -0.15) is 0 Å². The van der Waals surface area contributed by atoms with E-state index in [-0.39, 0.29) is 11.9 Å². The molecule has 1 unspecified atom stereocenters. The van der Waals surface area contributed by atoms with Gasteiger partial charge in [0, 0.05) is 32.7 Å². The molecule has 1 rings (SSSR count). The molecule has 21 heavy (non-hydrogen) atoms. The monoisotopic (exact) mass is 314 g/mol. The molecule has 0 saturated carbocycles. The molecule has 0 radical (unpaired) electrons. The third-order valence-corrected chi connectivity index (χ3v) is 4.25. The van der Waals surface area contributed by atoms with Crippen LogP contribution in [-0.4, -0.2) is 66.0 Å². The summed E-state index contributed by atoms with van der Waals surface area (Å²) >= 11 is 5.12. The van der Waals surface area contributed by atoms with E-state index >= 15 is 0 Å². The van der Waals surface area contributed by atoms with Crippen LogP contribution in [0.1, 0.15) is 33.6 Å². The van der Waals surface area contributed by atoms with Crippen molar-refractivity contribution in [2.75, 3.05) is 39.3 Å². The molecule has 6 heteroatoms. The van der Waals surface area contributed by atoms with Crippen LogP contribution in [0.25, 0.3) is 0 Å². The number of carbonyl (C=O) groups excluding carboxylic acids is 1. The third-order valence-electron chi connectivity index (χ3n) is 3.97. The summed E-state index contributed by atoms with van der Waals surface area (Å²) in [5.41, 5.74) is 5.78. The molecular formula is C15H30N4OS. The first-order valence-corrected chi connectivity index (χ1v) is 8.37. The Morgan fingerprint density at radius 1 is 1.29 bits per heavy atom. The van der Waals surface area contributed by atoms with E-state index in [0.717, 1.165) is 45.6 Å². The van der Waals surface area contributed by atoms with Crippen molar-refractivity contribution >= 4 is 23.1 Å². The zero-order valence-corrected chi connectivity index (χ0v) is 14.4. The highest BCUT2D eigenvalue weighted by Gasteiger charge is 2.25. The quantitative estimate of drug-likeness (QED) is 0.650. The number of amides is 1. The predicted molar refractivity (Wildman–Crippen MR) is 91.3 cm³/mol. The first-order chi connectivity index (χ1) is 9.93. The molecule has 0 bridgehead atoms. The highest BCUT2D eigenvalue weighted by atomic mass is 32.1. The summed E-state index contributed by atoms with van der Waals surface area (Å²) < 4.78 is 0. The van der Waals surface area contributed by atoms with Crippen LogP contribution in [0.15, 0.2) is 0 Å². The molecule has 1 fully saturated rings. The molecule has 3 N–H and O–H groups in total. The van der Waals surface area contributed by atoms with Crippen molar-refractivity contribution in [2.45, 2.75) is 39.7 Å². The maximum atomic E-state index is 11.9. The minimum Gasteiger partial charge on any atom is -0.392 e. The topological polar surface area (TPSA) is 61.6 Å². The second-order valence-corrected chi connectivity index (χ2v) is 6.64. The SMILES string of the molecule is CCC(C(N)=S)N1CCN(CC(=O)NCCC(C)C)CC1. The zero-order valence-electron chi connectivity index (χ0n) is 13.6. The average molecular weight is 314 g/mol. The lowest BCUT2D eigenvalue weighted by Gasteiger charge is -2.38. The number of hydrogen-bond donors (Lipinski definition) is 2. The minimum atomic E-state index is 0.130. The Bertz CT molecular complexity index is 341. The third kappa shape index (κ3) is 6.72. The molecule has 0 aromatic carbocycles. The Morgan fingerprint density at radius 3 is 2.38 bits per heavy atom. The van der Waals surface area contributed by atoms with Gasteiger partial charge >= 0.3 is 0 Å². The lowest BCUT2D eigenvalue weighted by molar-refractivity contribution is -0.122. The molecule has 0 spiro atoms. The van der Waals surface area contributed by atoms with Gasteiger partial charge in [-0.05, 0) is 18.8 Å². The van der Waals surface area contributed by atoms with E-state index in [1.54, 1.807) is 0 Å². The summed E-state index contributed by atoms with van der Waals surface area (Å²) in [5, 5.41) is 2.99. The molecule has 1 amide bonds. The van der Waals surface area contributed by atoms with Crippen LogP contribution in [0.5, 0.6) is 0 Å². The van der Waals surface area contributed by atoms with Gasteiger partial charge in [0.25, 0.3) is 0 Å². The Morgan fingerprint density at radius 2 is 1.90 bits per heavy atom. The molecule has 1 aliphatic rings. The van der Waals surface area contributed by atoms with Gasteiger partial charge in [-0.1, -0.05) is 33.0 Å². The van der Waals surface area contributed by atoms with Gasteiger partial charge in [0.2, 0.25) is 5.91 Å². The highest BCUT2D eigenvalue weighted by molar-refractivity contribution is 7.80. The summed E-state index contributed by atoms with van der Waals surface area (Å²) in [6.45, 7) is 11.4. The van der Waals surface area contributed by atoms with E-state index in [0.29, 0.717) is 17.5 Å². The van der Waals surface area contributed by atoms with Gasteiger partial charge in [0.1, 0.15) is 0 Å². The van der Waals surface area contributed by atoms with Gasteiger partial charge in [0.15, 0.2) is 0 Å². The standard InChI is InChI=1S/C15H30N4OS/c1-4-13(15(16)21)19-9-7-18(8-10-19)11-14(20)17-6-5-12(2)3/h12-13H,4-11H2,1-3H3,(H2,16,21)(H,17,20). The van der Waals surface area contributed by atoms with Crippen LogP contribution in [0, 0.1) is 5.92 Å². The van der Waals surface area contributed by atoms with Gasteiger partial charge in [0.05, 0.1) is 17.6 Å². The molecule has 5 nitrogen and oxygen atoms in total. The minimum absolute atomic E-state index is 0.130. The van der Waals surface area contributed by atoms with Crippen molar-refractivity contribution in [2.24, 2.45) is 11.7 Å². The Balaban J connectivity index is 2.26. The Hall–Kier alpha value is -0.720. The summed E-state index contributed by atoms with van der Waals surface area (Å²) in [6.07, 6.45) is 1.98. The van der Waals surface area contributed by atoms with Crippen LogP contribution >= 0.6 is 12.2 Å². The second-order valence-electron chi connectivity index (χ2n) is 6.17. The molecule has 122 valence electrons. The summed E-state index contributed by atoms with van der Waals surface area (Å²) in [7, 11) is 0. The number of nitrogens with one attached hydrogen (secondary N) is 1. The molecule has 0 aromatic heterocycles. The normalized spacial score (nSPS) is 18.7. The van der Waals surface area contributed by atoms with Crippen molar-refractivity contribution in [3.63, 3.8) is 0 Å². The van der Waals surface area contributed by atoms with E-state index in [9.17, 15) is 4.79 Å². The smallest absolute Gasteiger partial charge is 0.234 e. The second kappa shape index (κ2) is 9.33. The van der Waals surface area contributed by atoms with Crippen LogP contribution in [0.4, 0.5) is 0 Å². The number of rotatable bonds is 8. The van der Waals surface area contributed by atoms with E-state index < -0.39 is 0 Å². The maximum absolute atomic E-state index is 11.9. The number of carbonyl (C=O) groups is 1. The van der Waals surface area contributed by atoms with E-state index in [1.807, 2.05) is 0 Å². The fourth-order valence-corrected chi connectivity index (χ4v) is 2.95. The number of hydrogen-bond acceptors (Lipinski definition) is 4. The lowest BCUT2D eigenvalue weighted by atomic mass is 10.1.